The number of hydrogen-bond donors (Lipinski definition) is 1. The Hall–Kier alpha value is -0.880. The molecule has 0 aliphatic rings. The van der Waals surface area contributed by atoms with Crippen molar-refractivity contribution in [3.05, 3.63) is 34.1 Å². The zero-order valence-electron chi connectivity index (χ0n) is 7.81. The molecule has 15 heavy (non-hydrogen) atoms. The van der Waals surface area contributed by atoms with E-state index in [0.717, 1.165) is 6.07 Å². The van der Waals surface area contributed by atoms with E-state index in [1.54, 1.807) is 0 Å². The summed E-state index contributed by atoms with van der Waals surface area (Å²) in [5.74, 6) is -4.88. The molecule has 2 nitrogen and oxygen atoms in total. The fraction of sp³-hybridized carbons (Fsp3) is 0.222. The van der Waals surface area contributed by atoms with Crippen LogP contribution in [0.5, 0.6) is 0 Å². The predicted molar refractivity (Wildman–Crippen MR) is 54.2 cm³/mol. The molecule has 0 aromatic heterocycles. The lowest BCUT2D eigenvalue weighted by molar-refractivity contribution is -0.130. The molecule has 1 aromatic carbocycles. The molecule has 1 rings (SSSR count). The van der Waals surface area contributed by atoms with Gasteiger partial charge in [-0.15, -0.1) is 0 Å². The number of rotatable bonds is 2. The van der Waals surface area contributed by atoms with Crippen molar-refractivity contribution in [2.24, 2.45) is 5.73 Å². The van der Waals surface area contributed by atoms with Gasteiger partial charge < -0.3 is 5.73 Å². The zero-order chi connectivity index (χ0) is 12.1. The summed E-state index contributed by atoms with van der Waals surface area (Å²) in [6.07, 6.45) is -0.585. The van der Waals surface area contributed by atoms with Crippen LogP contribution in [0.25, 0.3) is 0 Å². The lowest BCUT2D eigenvalue weighted by Gasteiger charge is -2.10. The number of nitrogens with two attached hydrogens (primary N) is 1. The van der Waals surface area contributed by atoms with E-state index in [4.69, 9.17) is 0 Å². The predicted octanol–water partition coefficient (Wildman–Crippen LogP) is 2.45. The third kappa shape index (κ3) is 3.32. The van der Waals surface area contributed by atoms with E-state index in [0.29, 0.717) is 0 Å². The minimum Gasteiger partial charge on any atom is -0.333 e. The molecule has 0 saturated heterocycles. The fourth-order valence-electron chi connectivity index (χ4n) is 0.825. The monoisotopic (exact) mass is 283 g/mol. The maximum atomic E-state index is 13.0. The molecule has 84 valence electrons. The van der Waals surface area contributed by atoms with Crippen LogP contribution in [0.4, 0.5) is 13.2 Å². The van der Waals surface area contributed by atoms with Crippen LogP contribution in [0, 0.1) is 5.82 Å². The van der Waals surface area contributed by atoms with Crippen LogP contribution in [0.1, 0.15) is 5.56 Å². The highest BCUT2D eigenvalue weighted by Gasteiger charge is 2.34. The third-order valence-electron chi connectivity index (χ3n) is 1.46. The molecule has 0 radical (unpaired) electrons. The van der Waals surface area contributed by atoms with Crippen molar-refractivity contribution in [3.63, 3.8) is 0 Å². The van der Waals surface area contributed by atoms with E-state index in [1.165, 1.54) is 19.2 Å². The summed E-state index contributed by atoms with van der Waals surface area (Å²) in [6, 6.07) is 3.38. The number of carbonyl (C=O) groups is 1. The zero-order valence-corrected chi connectivity index (χ0v) is 9.39. The van der Waals surface area contributed by atoms with Gasteiger partial charge in [0.2, 0.25) is 0 Å². The number of carbonyl (C=O) groups excluding carboxylic acids is 1. The molecule has 6 heteroatoms. The highest BCUT2D eigenvalue weighted by Crippen LogP contribution is 2.30. The lowest BCUT2D eigenvalue weighted by atomic mass is 10.1. The third-order valence-corrected chi connectivity index (χ3v) is 2.07. The first-order valence-electron chi connectivity index (χ1n) is 3.85. The number of alkyl halides is 2. The van der Waals surface area contributed by atoms with Gasteiger partial charge in [-0.2, -0.15) is 8.78 Å². The molecule has 0 amide bonds. The summed E-state index contributed by atoms with van der Waals surface area (Å²) in [6.45, 7) is 0. The molecule has 0 spiro atoms. The molecule has 0 aliphatic heterocycles. The van der Waals surface area contributed by atoms with Crippen LogP contribution in [0.2, 0.25) is 0 Å². The Labute approximate surface area is 93.4 Å². The molecule has 0 heterocycles. The van der Waals surface area contributed by atoms with Gasteiger partial charge in [-0.3, -0.25) is 4.79 Å². The second-order valence-electron chi connectivity index (χ2n) is 2.34. The molecule has 0 fully saturated rings. The van der Waals surface area contributed by atoms with Gasteiger partial charge >= 0.3 is 5.92 Å². The molecular formula is C9H9BrF3NO. The maximum absolute atomic E-state index is 13.0. The molecule has 0 unspecified atom stereocenters. The molecule has 1 aromatic rings. The number of aldehydes is 1. The Kier molecular flexibility index (Phi) is 5.53. The lowest BCUT2D eigenvalue weighted by Crippen LogP contribution is -2.16. The van der Waals surface area contributed by atoms with Crippen LogP contribution in [-0.4, -0.2) is 13.3 Å². The first-order valence-corrected chi connectivity index (χ1v) is 4.64. The van der Waals surface area contributed by atoms with Crippen LogP contribution >= 0.6 is 15.9 Å². The molecule has 2 N–H and O–H groups in total. The van der Waals surface area contributed by atoms with E-state index in [2.05, 4.69) is 21.7 Å². The average molecular weight is 284 g/mol. The standard InChI is InChI=1S/C8H4BrF3O.CH5N/c9-6-3-1-2-5(7(6)10)8(11,12)4-13;1-2/h1-4H;2H2,1H3. The Morgan fingerprint density at radius 2 is 1.93 bits per heavy atom. The first-order chi connectivity index (χ1) is 6.99. The molecular weight excluding hydrogens is 275 g/mol. The smallest absolute Gasteiger partial charge is 0.330 e. The normalized spacial score (nSPS) is 10.3. The largest absolute Gasteiger partial charge is 0.333 e. The Morgan fingerprint density at radius 3 is 2.40 bits per heavy atom. The highest BCUT2D eigenvalue weighted by atomic mass is 79.9. The first kappa shape index (κ1) is 14.1. The summed E-state index contributed by atoms with van der Waals surface area (Å²) in [4.78, 5) is 9.96. The van der Waals surface area contributed by atoms with Crippen LogP contribution in [0.3, 0.4) is 0 Å². The van der Waals surface area contributed by atoms with Crippen LogP contribution < -0.4 is 5.73 Å². The number of benzene rings is 1. The average Bonchev–Trinajstić information content (AvgIpc) is 2.25. The Balaban J connectivity index is 0.000000921. The van der Waals surface area contributed by atoms with Gasteiger partial charge in [0.05, 0.1) is 10.0 Å². The minimum atomic E-state index is -3.77. The van der Waals surface area contributed by atoms with Crippen molar-refractivity contribution in [2.45, 2.75) is 5.92 Å². The van der Waals surface area contributed by atoms with Crippen molar-refractivity contribution in [1.82, 2.24) is 0 Å². The van der Waals surface area contributed by atoms with Gasteiger partial charge in [-0.05, 0) is 35.1 Å². The summed E-state index contributed by atoms with van der Waals surface area (Å²) in [5, 5.41) is 0. The summed E-state index contributed by atoms with van der Waals surface area (Å²) < 4.78 is 38.3. The van der Waals surface area contributed by atoms with Gasteiger partial charge in [-0.1, -0.05) is 6.07 Å². The molecule has 0 atom stereocenters. The van der Waals surface area contributed by atoms with Gasteiger partial charge in [0.1, 0.15) is 5.82 Å². The van der Waals surface area contributed by atoms with E-state index in [1.807, 2.05) is 0 Å². The van der Waals surface area contributed by atoms with Crippen molar-refractivity contribution in [3.8, 4) is 0 Å². The SMILES string of the molecule is CN.O=CC(F)(F)c1cccc(Br)c1F. The summed E-state index contributed by atoms with van der Waals surface area (Å²) >= 11 is 2.74. The van der Waals surface area contributed by atoms with Crippen molar-refractivity contribution in [1.29, 1.82) is 0 Å². The van der Waals surface area contributed by atoms with Gasteiger partial charge in [0, 0.05) is 0 Å². The minimum absolute atomic E-state index is 0.0912. The molecule has 0 bridgehead atoms. The van der Waals surface area contributed by atoms with Gasteiger partial charge in [0.25, 0.3) is 0 Å². The fourth-order valence-corrected chi connectivity index (χ4v) is 1.19. The second-order valence-corrected chi connectivity index (χ2v) is 3.20. The van der Waals surface area contributed by atoms with Crippen molar-refractivity contribution < 1.29 is 18.0 Å². The van der Waals surface area contributed by atoms with Crippen molar-refractivity contribution >= 4 is 22.2 Å². The Bertz CT molecular complexity index is 344. The Morgan fingerprint density at radius 1 is 1.40 bits per heavy atom. The van der Waals surface area contributed by atoms with E-state index >= 15 is 0 Å². The molecule has 0 aliphatic carbocycles. The highest BCUT2D eigenvalue weighted by molar-refractivity contribution is 9.10. The van der Waals surface area contributed by atoms with E-state index in [-0.39, 0.29) is 4.47 Å². The quantitative estimate of drug-likeness (QED) is 0.848. The summed E-state index contributed by atoms with van der Waals surface area (Å²) in [5.41, 5.74) is 3.58. The topological polar surface area (TPSA) is 43.1 Å². The second kappa shape index (κ2) is 5.87. The van der Waals surface area contributed by atoms with Crippen LogP contribution in [0.15, 0.2) is 22.7 Å². The number of hydrogen-bond acceptors (Lipinski definition) is 2. The maximum Gasteiger partial charge on any atom is 0.330 e. The van der Waals surface area contributed by atoms with Gasteiger partial charge in [0.15, 0.2) is 6.29 Å². The van der Waals surface area contributed by atoms with Crippen LogP contribution in [-0.2, 0) is 10.7 Å². The van der Waals surface area contributed by atoms with E-state index < -0.39 is 23.6 Å². The van der Waals surface area contributed by atoms with E-state index in [9.17, 15) is 18.0 Å². The van der Waals surface area contributed by atoms with Gasteiger partial charge in [-0.25, -0.2) is 4.39 Å². The number of halogens is 4. The summed E-state index contributed by atoms with van der Waals surface area (Å²) in [7, 11) is 1.50. The molecule has 0 saturated carbocycles. The van der Waals surface area contributed by atoms with Crippen molar-refractivity contribution in [2.75, 3.05) is 7.05 Å².